The van der Waals surface area contributed by atoms with Gasteiger partial charge in [-0.3, -0.25) is 4.98 Å². The maximum Gasteiger partial charge on any atom is 0.0487 e. The van der Waals surface area contributed by atoms with Crippen molar-refractivity contribution < 1.29 is 0 Å². The van der Waals surface area contributed by atoms with E-state index >= 15 is 0 Å². The summed E-state index contributed by atoms with van der Waals surface area (Å²) in [6.07, 6.45) is 3.73. The first kappa shape index (κ1) is 12.1. The van der Waals surface area contributed by atoms with Crippen molar-refractivity contribution in [2.75, 3.05) is 5.32 Å². The highest BCUT2D eigenvalue weighted by Crippen LogP contribution is 2.24. The van der Waals surface area contributed by atoms with Gasteiger partial charge in [0.05, 0.1) is 0 Å². The molecule has 3 heteroatoms. The molecule has 17 heavy (non-hydrogen) atoms. The third kappa shape index (κ3) is 3.07. The smallest absolute Gasteiger partial charge is 0.0487 e. The molecular formula is C14H15BrN2. The zero-order chi connectivity index (χ0) is 12.3. The second-order valence-electron chi connectivity index (χ2n) is 4.14. The number of aromatic nitrogens is 1. The van der Waals surface area contributed by atoms with E-state index in [0.29, 0.717) is 0 Å². The number of rotatable bonds is 3. The minimum Gasteiger partial charge on any atom is -0.380 e. The SMILES string of the molecule is Cc1ccc(NCc2cnccc2C)c(Br)c1. The Balaban J connectivity index is 2.10. The highest BCUT2D eigenvalue weighted by atomic mass is 79.9. The van der Waals surface area contributed by atoms with E-state index in [1.165, 1.54) is 16.7 Å². The lowest BCUT2D eigenvalue weighted by Crippen LogP contribution is -2.02. The van der Waals surface area contributed by atoms with E-state index in [2.05, 4.69) is 58.3 Å². The standard InChI is InChI=1S/C14H15BrN2/c1-10-3-4-14(13(15)7-10)17-9-12-8-16-6-5-11(12)2/h3-8,17H,9H2,1-2H3. The van der Waals surface area contributed by atoms with Crippen LogP contribution in [0.25, 0.3) is 0 Å². The van der Waals surface area contributed by atoms with E-state index < -0.39 is 0 Å². The molecule has 1 aromatic heterocycles. The van der Waals surface area contributed by atoms with E-state index in [-0.39, 0.29) is 0 Å². The monoisotopic (exact) mass is 290 g/mol. The number of aryl methyl sites for hydroxylation is 2. The molecule has 1 heterocycles. The Labute approximate surface area is 110 Å². The maximum absolute atomic E-state index is 4.14. The van der Waals surface area contributed by atoms with Crippen LogP contribution in [0.3, 0.4) is 0 Å². The molecular weight excluding hydrogens is 276 g/mol. The Bertz CT molecular complexity index is 523. The van der Waals surface area contributed by atoms with Crippen LogP contribution in [0.5, 0.6) is 0 Å². The van der Waals surface area contributed by atoms with E-state index in [0.717, 1.165) is 16.7 Å². The topological polar surface area (TPSA) is 24.9 Å². The van der Waals surface area contributed by atoms with E-state index in [9.17, 15) is 0 Å². The number of benzene rings is 1. The molecule has 0 aliphatic heterocycles. The van der Waals surface area contributed by atoms with Crippen LogP contribution in [-0.4, -0.2) is 4.98 Å². The molecule has 2 nitrogen and oxygen atoms in total. The summed E-state index contributed by atoms with van der Waals surface area (Å²) >= 11 is 3.56. The van der Waals surface area contributed by atoms with E-state index in [1.54, 1.807) is 0 Å². The van der Waals surface area contributed by atoms with E-state index in [1.807, 2.05) is 18.5 Å². The Morgan fingerprint density at radius 3 is 2.76 bits per heavy atom. The van der Waals surface area contributed by atoms with Gasteiger partial charge in [0.1, 0.15) is 0 Å². The Hall–Kier alpha value is -1.35. The molecule has 0 spiro atoms. The average Bonchev–Trinajstić information content (AvgIpc) is 2.30. The number of anilines is 1. The molecule has 2 aromatic rings. The fourth-order valence-corrected chi connectivity index (χ4v) is 2.27. The van der Waals surface area contributed by atoms with Gasteiger partial charge in [-0.05, 0) is 64.7 Å². The van der Waals surface area contributed by atoms with Crippen molar-refractivity contribution in [2.45, 2.75) is 20.4 Å². The van der Waals surface area contributed by atoms with Gasteiger partial charge in [0.15, 0.2) is 0 Å². The lowest BCUT2D eigenvalue weighted by molar-refractivity contribution is 1.08. The molecule has 0 atom stereocenters. The lowest BCUT2D eigenvalue weighted by atomic mass is 10.1. The van der Waals surface area contributed by atoms with Crippen LogP contribution in [0.15, 0.2) is 41.1 Å². The normalized spacial score (nSPS) is 10.3. The lowest BCUT2D eigenvalue weighted by Gasteiger charge is -2.10. The predicted molar refractivity (Wildman–Crippen MR) is 75.2 cm³/mol. The second-order valence-corrected chi connectivity index (χ2v) is 4.99. The Kier molecular flexibility index (Phi) is 3.79. The maximum atomic E-state index is 4.14. The van der Waals surface area contributed by atoms with Gasteiger partial charge in [-0.25, -0.2) is 0 Å². The molecule has 0 saturated carbocycles. The van der Waals surface area contributed by atoms with Crippen LogP contribution in [0.1, 0.15) is 16.7 Å². The van der Waals surface area contributed by atoms with Crippen molar-refractivity contribution in [1.82, 2.24) is 4.98 Å². The second kappa shape index (κ2) is 5.32. The van der Waals surface area contributed by atoms with E-state index in [4.69, 9.17) is 0 Å². The molecule has 0 radical (unpaired) electrons. The molecule has 0 saturated heterocycles. The summed E-state index contributed by atoms with van der Waals surface area (Å²) < 4.78 is 1.10. The van der Waals surface area contributed by atoms with Gasteiger partial charge in [-0.2, -0.15) is 0 Å². The molecule has 0 aliphatic carbocycles. The number of nitrogens with one attached hydrogen (secondary N) is 1. The fraction of sp³-hybridized carbons (Fsp3) is 0.214. The first-order valence-electron chi connectivity index (χ1n) is 5.56. The van der Waals surface area contributed by atoms with Gasteiger partial charge in [0.25, 0.3) is 0 Å². The fourth-order valence-electron chi connectivity index (χ4n) is 1.64. The molecule has 1 aromatic carbocycles. The summed E-state index contributed by atoms with van der Waals surface area (Å²) in [5, 5.41) is 3.41. The van der Waals surface area contributed by atoms with Gasteiger partial charge in [0, 0.05) is 29.1 Å². The number of pyridine rings is 1. The van der Waals surface area contributed by atoms with Crippen molar-refractivity contribution in [2.24, 2.45) is 0 Å². The van der Waals surface area contributed by atoms with Crippen molar-refractivity contribution in [3.63, 3.8) is 0 Å². The highest BCUT2D eigenvalue weighted by Gasteiger charge is 2.01. The third-order valence-corrected chi connectivity index (χ3v) is 3.40. The van der Waals surface area contributed by atoms with Crippen LogP contribution < -0.4 is 5.32 Å². The summed E-state index contributed by atoms with van der Waals surface area (Å²) in [7, 11) is 0. The minimum absolute atomic E-state index is 0.793. The van der Waals surface area contributed by atoms with Crippen molar-refractivity contribution in [1.29, 1.82) is 0 Å². The summed E-state index contributed by atoms with van der Waals surface area (Å²) in [6.45, 7) is 4.98. The van der Waals surface area contributed by atoms with Crippen LogP contribution >= 0.6 is 15.9 Å². The van der Waals surface area contributed by atoms with Crippen molar-refractivity contribution >= 4 is 21.6 Å². The van der Waals surface area contributed by atoms with Crippen molar-refractivity contribution in [3.05, 3.63) is 57.8 Å². The largest absolute Gasteiger partial charge is 0.380 e. The number of hydrogen-bond acceptors (Lipinski definition) is 2. The third-order valence-electron chi connectivity index (χ3n) is 2.74. The van der Waals surface area contributed by atoms with Crippen LogP contribution in [0.2, 0.25) is 0 Å². The van der Waals surface area contributed by atoms with Gasteiger partial charge in [0.2, 0.25) is 0 Å². The number of halogens is 1. The zero-order valence-electron chi connectivity index (χ0n) is 10.00. The van der Waals surface area contributed by atoms with Crippen LogP contribution in [-0.2, 0) is 6.54 Å². The van der Waals surface area contributed by atoms with Crippen molar-refractivity contribution in [3.8, 4) is 0 Å². The van der Waals surface area contributed by atoms with Crippen LogP contribution in [0, 0.1) is 13.8 Å². The molecule has 0 unspecified atom stereocenters. The summed E-state index contributed by atoms with van der Waals surface area (Å²) in [5.74, 6) is 0. The zero-order valence-corrected chi connectivity index (χ0v) is 11.6. The van der Waals surface area contributed by atoms with Gasteiger partial charge in [-0.15, -0.1) is 0 Å². The summed E-state index contributed by atoms with van der Waals surface area (Å²) in [5.41, 5.74) is 4.84. The summed E-state index contributed by atoms with van der Waals surface area (Å²) in [6, 6.07) is 8.33. The Morgan fingerprint density at radius 1 is 1.24 bits per heavy atom. The quantitative estimate of drug-likeness (QED) is 0.922. The molecule has 0 bridgehead atoms. The molecule has 88 valence electrons. The molecule has 0 fully saturated rings. The predicted octanol–water partition coefficient (Wildman–Crippen LogP) is 4.07. The molecule has 2 rings (SSSR count). The van der Waals surface area contributed by atoms with Gasteiger partial charge < -0.3 is 5.32 Å². The molecule has 1 N–H and O–H groups in total. The van der Waals surface area contributed by atoms with Gasteiger partial charge >= 0.3 is 0 Å². The summed E-state index contributed by atoms with van der Waals surface area (Å²) in [4.78, 5) is 4.14. The van der Waals surface area contributed by atoms with Gasteiger partial charge in [-0.1, -0.05) is 6.07 Å². The highest BCUT2D eigenvalue weighted by molar-refractivity contribution is 9.10. The first-order chi connectivity index (χ1) is 8.16. The first-order valence-corrected chi connectivity index (χ1v) is 6.35. The Morgan fingerprint density at radius 2 is 2.06 bits per heavy atom. The minimum atomic E-state index is 0.793. The number of nitrogens with zero attached hydrogens (tertiary/aromatic N) is 1. The molecule has 0 aliphatic rings. The average molecular weight is 291 g/mol. The van der Waals surface area contributed by atoms with Crippen LogP contribution in [0.4, 0.5) is 5.69 Å². The number of hydrogen-bond donors (Lipinski definition) is 1. The molecule has 0 amide bonds.